The Morgan fingerprint density at radius 3 is 2.45 bits per heavy atom. The highest BCUT2D eigenvalue weighted by Crippen LogP contribution is 2.18. The van der Waals surface area contributed by atoms with Crippen molar-refractivity contribution < 1.29 is 0 Å². The van der Waals surface area contributed by atoms with Crippen LogP contribution in [0.5, 0.6) is 0 Å². The summed E-state index contributed by atoms with van der Waals surface area (Å²) in [5.74, 6) is 0.691. The van der Waals surface area contributed by atoms with Gasteiger partial charge in [-0.3, -0.25) is 9.69 Å². The summed E-state index contributed by atoms with van der Waals surface area (Å²) in [6.45, 7) is 6.76. The Labute approximate surface area is 170 Å². The molecule has 0 unspecified atom stereocenters. The third kappa shape index (κ3) is 4.40. The van der Waals surface area contributed by atoms with Crippen molar-refractivity contribution in [3.05, 3.63) is 58.0 Å². The average molecular weight is 393 g/mol. The van der Waals surface area contributed by atoms with Gasteiger partial charge in [0.1, 0.15) is 11.2 Å². The fourth-order valence-corrected chi connectivity index (χ4v) is 3.58. The van der Waals surface area contributed by atoms with Gasteiger partial charge in [-0.05, 0) is 43.1 Å². The highest BCUT2D eigenvalue weighted by Gasteiger charge is 2.14. The first-order valence-electron chi connectivity index (χ1n) is 10.3. The Bertz CT molecular complexity index is 1040. The molecule has 7 nitrogen and oxygen atoms in total. The molecule has 1 aliphatic heterocycles. The molecule has 0 aliphatic carbocycles. The third-order valence-corrected chi connectivity index (χ3v) is 5.39. The number of hydrogen-bond acceptors (Lipinski definition) is 6. The molecule has 1 aromatic carbocycles. The molecule has 7 heteroatoms. The number of nitrogen functional groups attached to an aromatic ring is 1. The molecule has 3 heterocycles. The minimum atomic E-state index is -0.105. The van der Waals surface area contributed by atoms with Gasteiger partial charge in [-0.1, -0.05) is 37.6 Å². The molecular formula is C22H28N6O. The summed E-state index contributed by atoms with van der Waals surface area (Å²) in [6.07, 6.45) is 5.13. The summed E-state index contributed by atoms with van der Waals surface area (Å²) < 4.78 is 1.71. The van der Waals surface area contributed by atoms with Crippen molar-refractivity contribution in [1.29, 1.82) is 0 Å². The van der Waals surface area contributed by atoms with Crippen LogP contribution in [0.25, 0.3) is 10.9 Å². The van der Waals surface area contributed by atoms with Crippen molar-refractivity contribution >= 4 is 22.7 Å². The summed E-state index contributed by atoms with van der Waals surface area (Å²) in [6, 6.07) is 10.3. The van der Waals surface area contributed by atoms with Crippen molar-refractivity contribution in [3.63, 3.8) is 0 Å². The van der Waals surface area contributed by atoms with E-state index in [2.05, 4.69) is 51.4 Å². The van der Waals surface area contributed by atoms with Crippen LogP contribution in [0, 0.1) is 0 Å². The highest BCUT2D eigenvalue weighted by molar-refractivity contribution is 5.89. The molecule has 4 rings (SSSR count). The first kappa shape index (κ1) is 19.4. The quantitative estimate of drug-likeness (QED) is 0.573. The fraction of sp³-hybridized carbons (Fsp3) is 0.409. The standard InChI is InChI=1S/C22H28N6O/c1-2-3-10-24-20-19-18(25-22(23)26-20)9-13-28(21(19)29)15-17-7-5-16(6-8-17)14-27-11-4-12-27/h5-9,13H,2-4,10-12,14-15H2,1H3,(H3,23,24,25,26). The molecule has 1 fully saturated rings. The van der Waals surface area contributed by atoms with E-state index in [9.17, 15) is 4.79 Å². The topological polar surface area (TPSA) is 89.1 Å². The van der Waals surface area contributed by atoms with Crippen LogP contribution in [0.15, 0.2) is 41.3 Å². The number of anilines is 2. The largest absolute Gasteiger partial charge is 0.369 e. The van der Waals surface area contributed by atoms with Crippen LogP contribution >= 0.6 is 0 Å². The van der Waals surface area contributed by atoms with Crippen molar-refractivity contribution in [2.45, 2.75) is 39.3 Å². The van der Waals surface area contributed by atoms with Gasteiger partial charge in [0, 0.05) is 19.3 Å². The van der Waals surface area contributed by atoms with E-state index in [1.807, 2.05) is 6.07 Å². The van der Waals surface area contributed by atoms with Crippen LogP contribution in [0.4, 0.5) is 11.8 Å². The number of nitrogens with zero attached hydrogens (tertiary/aromatic N) is 4. The Hall–Kier alpha value is -2.93. The summed E-state index contributed by atoms with van der Waals surface area (Å²) in [5.41, 5.74) is 8.70. The molecule has 3 aromatic rings. The SMILES string of the molecule is CCCCNc1nc(N)nc2ccn(Cc3ccc(CN4CCC4)cc3)c(=O)c12. The van der Waals surface area contributed by atoms with E-state index in [0.29, 0.717) is 23.3 Å². The summed E-state index contributed by atoms with van der Waals surface area (Å²) >= 11 is 0. The summed E-state index contributed by atoms with van der Waals surface area (Å²) in [7, 11) is 0. The van der Waals surface area contributed by atoms with E-state index in [4.69, 9.17) is 5.73 Å². The number of pyridine rings is 1. The Morgan fingerprint density at radius 2 is 1.79 bits per heavy atom. The fourth-order valence-electron chi connectivity index (χ4n) is 3.58. The van der Waals surface area contributed by atoms with Gasteiger partial charge in [-0.2, -0.15) is 4.98 Å². The Balaban J connectivity index is 1.58. The summed E-state index contributed by atoms with van der Waals surface area (Å²) in [5, 5.41) is 3.74. The van der Waals surface area contributed by atoms with Crippen LogP contribution in [0.3, 0.4) is 0 Å². The molecule has 1 saturated heterocycles. The van der Waals surface area contributed by atoms with E-state index in [1.54, 1.807) is 10.8 Å². The first-order valence-corrected chi connectivity index (χ1v) is 10.3. The number of aromatic nitrogens is 3. The molecule has 29 heavy (non-hydrogen) atoms. The molecule has 2 aromatic heterocycles. The monoisotopic (exact) mass is 392 g/mol. The van der Waals surface area contributed by atoms with E-state index in [0.717, 1.165) is 31.5 Å². The molecule has 0 atom stereocenters. The lowest BCUT2D eigenvalue weighted by Gasteiger charge is -2.30. The second-order valence-electron chi connectivity index (χ2n) is 7.67. The van der Waals surface area contributed by atoms with Crippen molar-refractivity contribution in [2.75, 3.05) is 30.7 Å². The lowest BCUT2D eigenvalue weighted by atomic mass is 10.1. The van der Waals surface area contributed by atoms with Crippen molar-refractivity contribution in [2.24, 2.45) is 0 Å². The number of rotatable bonds is 8. The van der Waals surface area contributed by atoms with Crippen LogP contribution < -0.4 is 16.6 Å². The maximum Gasteiger partial charge on any atom is 0.264 e. The van der Waals surface area contributed by atoms with Gasteiger partial charge in [0.15, 0.2) is 0 Å². The minimum Gasteiger partial charge on any atom is -0.369 e. The molecule has 152 valence electrons. The molecule has 3 N–H and O–H groups in total. The molecular weight excluding hydrogens is 364 g/mol. The van der Waals surface area contributed by atoms with E-state index in [1.165, 1.54) is 25.1 Å². The van der Waals surface area contributed by atoms with Crippen LogP contribution in [-0.2, 0) is 13.1 Å². The predicted octanol–water partition coefficient (Wildman–Crippen LogP) is 2.84. The smallest absolute Gasteiger partial charge is 0.264 e. The number of hydrogen-bond donors (Lipinski definition) is 2. The lowest BCUT2D eigenvalue weighted by molar-refractivity contribution is 0.172. The maximum absolute atomic E-state index is 13.2. The zero-order valence-corrected chi connectivity index (χ0v) is 16.9. The zero-order chi connectivity index (χ0) is 20.2. The lowest BCUT2D eigenvalue weighted by Crippen LogP contribution is -2.36. The second kappa shape index (κ2) is 8.61. The number of nitrogens with one attached hydrogen (secondary N) is 1. The van der Waals surface area contributed by atoms with E-state index >= 15 is 0 Å². The van der Waals surface area contributed by atoms with Crippen molar-refractivity contribution in [1.82, 2.24) is 19.4 Å². The molecule has 0 amide bonds. The van der Waals surface area contributed by atoms with Crippen LogP contribution in [0.2, 0.25) is 0 Å². The normalized spacial score (nSPS) is 14.1. The molecule has 1 aliphatic rings. The molecule has 0 spiro atoms. The van der Waals surface area contributed by atoms with Crippen LogP contribution in [0.1, 0.15) is 37.3 Å². The zero-order valence-electron chi connectivity index (χ0n) is 16.9. The maximum atomic E-state index is 13.2. The van der Waals surface area contributed by atoms with E-state index < -0.39 is 0 Å². The van der Waals surface area contributed by atoms with Crippen LogP contribution in [-0.4, -0.2) is 39.1 Å². The van der Waals surface area contributed by atoms with Gasteiger partial charge in [0.2, 0.25) is 5.95 Å². The third-order valence-electron chi connectivity index (χ3n) is 5.39. The van der Waals surface area contributed by atoms with Gasteiger partial charge < -0.3 is 15.6 Å². The minimum absolute atomic E-state index is 0.105. The van der Waals surface area contributed by atoms with Crippen molar-refractivity contribution in [3.8, 4) is 0 Å². The first-order chi connectivity index (χ1) is 14.1. The van der Waals surface area contributed by atoms with Gasteiger partial charge in [0.25, 0.3) is 5.56 Å². The highest BCUT2D eigenvalue weighted by atomic mass is 16.1. The van der Waals surface area contributed by atoms with Gasteiger partial charge >= 0.3 is 0 Å². The number of fused-ring (bicyclic) bond motifs is 1. The number of unbranched alkanes of at least 4 members (excludes halogenated alkanes) is 1. The molecule has 0 saturated carbocycles. The predicted molar refractivity (Wildman–Crippen MR) is 117 cm³/mol. The average Bonchev–Trinajstić information content (AvgIpc) is 2.68. The molecule has 0 radical (unpaired) electrons. The number of likely N-dealkylation sites (tertiary alicyclic amines) is 1. The Morgan fingerprint density at radius 1 is 1.07 bits per heavy atom. The molecule has 0 bridgehead atoms. The van der Waals surface area contributed by atoms with Gasteiger partial charge in [0.05, 0.1) is 12.1 Å². The van der Waals surface area contributed by atoms with Gasteiger partial charge in [-0.25, -0.2) is 4.98 Å². The summed E-state index contributed by atoms with van der Waals surface area (Å²) in [4.78, 5) is 24.1. The number of nitrogens with two attached hydrogens (primary N) is 1. The Kier molecular flexibility index (Phi) is 5.76. The second-order valence-corrected chi connectivity index (χ2v) is 7.67. The van der Waals surface area contributed by atoms with Gasteiger partial charge in [-0.15, -0.1) is 0 Å². The number of benzene rings is 1. The van der Waals surface area contributed by atoms with E-state index in [-0.39, 0.29) is 11.5 Å².